The molecule has 1 saturated heterocycles. The van der Waals surface area contributed by atoms with Crippen LogP contribution in [0.2, 0.25) is 0 Å². The van der Waals surface area contributed by atoms with Gasteiger partial charge >= 0.3 is 0 Å². The number of nitrogens with zero attached hydrogens (tertiary/aromatic N) is 1. The number of benzene rings is 1. The van der Waals surface area contributed by atoms with E-state index in [0.29, 0.717) is 6.54 Å². The zero-order chi connectivity index (χ0) is 13.9. The average Bonchev–Trinajstić information content (AvgIpc) is 2.42. The summed E-state index contributed by atoms with van der Waals surface area (Å²) in [4.78, 5) is 14.8. The van der Waals surface area contributed by atoms with E-state index in [9.17, 15) is 4.79 Å². The summed E-state index contributed by atoms with van der Waals surface area (Å²) in [6.07, 6.45) is 3.22. The largest absolute Gasteiger partial charge is 0.311 e. The van der Waals surface area contributed by atoms with E-state index in [0.717, 1.165) is 30.6 Å². The monoisotopic (exact) mass is 260 g/mol. The molecule has 1 fully saturated rings. The third kappa shape index (κ3) is 2.81. The van der Waals surface area contributed by atoms with Crippen LogP contribution in [0.4, 0.5) is 5.69 Å². The van der Waals surface area contributed by atoms with E-state index in [1.807, 2.05) is 36.9 Å². The maximum atomic E-state index is 12.9. The van der Waals surface area contributed by atoms with Crippen LogP contribution in [-0.4, -0.2) is 24.5 Å². The Morgan fingerprint density at radius 1 is 1.37 bits per heavy atom. The standard InChI is InChI=1S/C16H24N2O/c1-4-18(14-10-6-5-9-13(14)2)15(19)16(3)11-7-8-12-17-16/h5-6,9-10,17H,4,7-8,11-12H2,1-3H3. The van der Waals surface area contributed by atoms with Crippen LogP contribution in [0.25, 0.3) is 0 Å². The van der Waals surface area contributed by atoms with Crippen molar-refractivity contribution < 1.29 is 4.79 Å². The van der Waals surface area contributed by atoms with Crippen molar-refractivity contribution in [3.8, 4) is 0 Å². The topological polar surface area (TPSA) is 32.3 Å². The first-order valence-electron chi connectivity index (χ1n) is 7.21. The lowest BCUT2D eigenvalue weighted by Gasteiger charge is -2.38. The Morgan fingerprint density at radius 3 is 2.68 bits per heavy atom. The van der Waals surface area contributed by atoms with Gasteiger partial charge < -0.3 is 10.2 Å². The Morgan fingerprint density at radius 2 is 2.11 bits per heavy atom. The third-order valence-corrected chi connectivity index (χ3v) is 4.06. The van der Waals surface area contributed by atoms with Gasteiger partial charge in [-0.1, -0.05) is 18.2 Å². The molecule has 0 bridgehead atoms. The maximum Gasteiger partial charge on any atom is 0.246 e. The van der Waals surface area contributed by atoms with Crippen molar-refractivity contribution in [2.45, 2.75) is 45.6 Å². The summed E-state index contributed by atoms with van der Waals surface area (Å²) in [7, 11) is 0. The summed E-state index contributed by atoms with van der Waals surface area (Å²) in [6.45, 7) is 7.78. The molecule has 1 aliphatic heterocycles. The van der Waals surface area contributed by atoms with Crippen LogP contribution in [0.5, 0.6) is 0 Å². The van der Waals surface area contributed by atoms with Gasteiger partial charge in [-0.3, -0.25) is 4.79 Å². The number of carbonyl (C=O) groups is 1. The number of anilines is 1. The Labute approximate surface area is 116 Å². The fraction of sp³-hybridized carbons (Fsp3) is 0.562. The van der Waals surface area contributed by atoms with Gasteiger partial charge in [-0.15, -0.1) is 0 Å². The number of hydrogen-bond donors (Lipinski definition) is 1. The van der Waals surface area contributed by atoms with Gasteiger partial charge in [-0.05, 0) is 58.2 Å². The van der Waals surface area contributed by atoms with E-state index < -0.39 is 5.54 Å². The molecule has 0 spiro atoms. The van der Waals surface area contributed by atoms with Crippen LogP contribution < -0.4 is 10.2 Å². The van der Waals surface area contributed by atoms with Crippen molar-refractivity contribution >= 4 is 11.6 Å². The smallest absolute Gasteiger partial charge is 0.246 e. The molecule has 0 aromatic heterocycles. The maximum absolute atomic E-state index is 12.9. The SMILES string of the molecule is CCN(C(=O)C1(C)CCCCN1)c1ccccc1C. The molecule has 1 unspecified atom stereocenters. The van der Waals surface area contributed by atoms with Gasteiger partial charge in [0.05, 0.1) is 5.54 Å². The number of rotatable bonds is 3. The fourth-order valence-corrected chi connectivity index (χ4v) is 2.83. The molecule has 1 heterocycles. The Hall–Kier alpha value is -1.35. The summed E-state index contributed by atoms with van der Waals surface area (Å²) in [6, 6.07) is 8.09. The normalized spacial score (nSPS) is 23.1. The van der Waals surface area contributed by atoms with Crippen LogP contribution in [0.15, 0.2) is 24.3 Å². The number of amides is 1. The van der Waals surface area contributed by atoms with Crippen molar-refractivity contribution in [1.29, 1.82) is 0 Å². The lowest BCUT2D eigenvalue weighted by Crippen LogP contribution is -2.58. The van der Waals surface area contributed by atoms with Crippen molar-refractivity contribution in [3.63, 3.8) is 0 Å². The minimum atomic E-state index is -0.406. The molecular weight excluding hydrogens is 236 g/mol. The molecule has 1 aromatic carbocycles. The van der Waals surface area contributed by atoms with Crippen LogP contribution in [0.3, 0.4) is 0 Å². The highest BCUT2D eigenvalue weighted by Gasteiger charge is 2.37. The third-order valence-electron chi connectivity index (χ3n) is 4.06. The van der Waals surface area contributed by atoms with Gasteiger partial charge in [0.2, 0.25) is 5.91 Å². The molecule has 0 radical (unpaired) electrons. The molecule has 1 N–H and O–H groups in total. The molecule has 0 aliphatic carbocycles. The second-order valence-corrected chi connectivity index (χ2v) is 5.55. The first-order valence-corrected chi connectivity index (χ1v) is 7.21. The Kier molecular flexibility index (Phi) is 4.25. The van der Waals surface area contributed by atoms with E-state index in [-0.39, 0.29) is 5.91 Å². The Balaban J connectivity index is 2.27. The molecule has 0 saturated carbocycles. The highest BCUT2D eigenvalue weighted by atomic mass is 16.2. The molecule has 2 rings (SSSR count). The number of aryl methyl sites for hydroxylation is 1. The summed E-state index contributed by atoms with van der Waals surface area (Å²) in [5.74, 6) is 0.198. The predicted octanol–water partition coefficient (Wildman–Crippen LogP) is 2.88. The van der Waals surface area contributed by atoms with Gasteiger partial charge in [0.25, 0.3) is 0 Å². The molecule has 3 nitrogen and oxygen atoms in total. The number of para-hydroxylation sites is 1. The number of hydrogen-bond acceptors (Lipinski definition) is 2. The molecule has 104 valence electrons. The number of piperidine rings is 1. The van der Waals surface area contributed by atoms with E-state index in [1.54, 1.807) is 0 Å². The Bertz CT molecular complexity index is 450. The summed E-state index contributed by atoms with van der Waals surface area (Å²) in [5.41, 5.74) is 1.78. The van der Waals surface area contributed by atoms with Crippen LogP contribution >= 0.6 is 0 Å². The van der Waals surface area contributed by atoms with Gasteiger partial charge in [0, 0.05) is 12.2 Å². The molecular formula is C16H24N2O. The molecule has 3 heteroatoms. The van der Waals surface area contributed by atoms with Gasteiger partial charge in [0.15, 0.2) is 0 Å². The average molecular weight is 260 g/mol. The lowest BCUT2D eigenvalue weighted by molar-refractivity contribution is -0.125. The summed E-state index contributed by atoms with van der Waals surface area (Å²) >= 11 is 0. The minimum Gasteiger partial charge on any atom is -0.311 e. The highest BCUT2D eigenvalue weighted by molar-refractivity contribution is 6.00. The molecule has 1 aromatic rings. The summed E-state index contributed by atoms with van der Waals surface area (Å²) in [5, 5.41) is 3.41. The second-order valence-electron chi connectivity index (χ2n) is 5.55. The van der Waals surface area contributed by atoms with Crippen LogP contribution in [0, 0.1) is 6.92 Å². The number of likely N-dealkylation sites (N-methyl/N-ethyl adjacent to an activating group) is 1. The predicted molar refractivity (Wildman–Crippen MR) is 79.5 cm³/mol. The minimum absolute atomic E-state index is 0.198. The number of carbonyl (C=O) groups excluding carboxylic acids is 1. The first kappa shape index (κ1) is 14.1. The highest BCUT2D eigenvalue weighted by Crippen LogP contribution is 2.26. The van der Waals surface area contributed by atoms with E-state index in [4.69, 9.17) is 0 Å². The molecule has 1 aliphatic rings. The van der Waals surface area contributed by atoms with Gasteiger partial charge in [-0.2, -0.15) is 0 Å². The molecule has 19 heavy (non-hydrogen) atoms. The zero-order valence-electron chi connectivity index (χ0n) is 12.2. The van der Waals surface area contributed by atoms with Crippen molar-refractivity contribution in [1.82, 2.24) is 5.32 Å². The molecule has 1 amide bonds. The number of nitrogens with one attached hydrogen (secondary N) is 1. The lowest BCUT2D eigenvalue weighted by atomic mass is 9.89. The first-order chi connectivity index (χ1) is 9.08. The van der Waals surface area contributed by atoms with Crippen molar-refractivity contribution in [2.24, 2.45) is 0 Å². The van der Waals surface area contributed by atoms with Crippen molar-refractivity contribution in [3.05, 3.63) is 29.8 Å². The van der Waals surface area contributed by atoms with E-state index in [1.165, 1.54) is 6.42 Å². The van der Waals surface area contributed by atoms with Crippen LogP contribution in [0.1, 0.15) is 38.7 Å². The molecule has 1 atom stereocenters. The zero-order valence-corrected chi connectivity index (χ0v) is 12.2. The summed E-state index contributed by atoms with van der Waals surface area (Å²) < 4.78 is 0. The second kappa shape index (κ2) is 5.74. The fourth-order valence-electron chi connectivity index (χ4n) is 2.83. The van der Waals surface area contributed by atoms with Gasteiger partial charge in [0.1, 0.15) is 0 Å². The van der Waals surface area contributed by atoms with E-state index in [2.05, 4.69) is 18.3 Å². The van der Waals surface area contributed by atoms with E-state index >= 15 is 0 Å². The quantitative estimate of drug-likeness (QED) is 0.906. The van der Waals surface area contributed by atoms with Crippen molar-refractivity contribution in [2.75, 3.05) is 18.0 Å². The van der Waals surface area contributed by atoms with Gasteiger partial charge in [-0.25, -0.2) is 0 Å². The van der Waals surface area contributed by atoms with Crippen LogP contribution in [-0.2, 0) is 4.79 Å².